The van der Waals surface area contributed by atoms with Crippen molar-refractivity contribution >= 4 is 23.2 Å². The van der Waals surface area contributed by atoms with Crippen LogP contribution in [0.5, 0.6) is 0 Å². The molecular weight excluding hydrogens is 264 g/mol. The fraction of sp³-hybridized carbons (Fsp3) is 0.500. The van der Waals surface area contributed by atoms with Gasteiger partial charge in [-0.15, -0.1) is 0 Å². The van der Waals surface area contributed by atoms with Crippen molar-refractivity contribution in [1.82, 2.24) is 4.90 Å². The minimum absolute atomic E-state index is 0.0502. The van der Waals surface area contributed by atoms with Gasteiger partial charge in [0.25, 0.3) is 0 Å². The largest absolute Gasteiger partial charge is 0.395 e. The van der Waals surface area contributed by atoms with Crippen molar-refractivity contribution in [3.63, 3.8) is 0 Å². The van der Waals surface area contributed by atoms with E-state index in [4.69, 9.17) is 11.6 Å². The lowest BCUT2D eigenvalue weighted by atomic mass is 10.2. The Labute approximate surface area is 118 Å². The van der Waals surface area contributed by atoms with Crippen LogP contribution in [0, 0.1) is 6.92 Å². The number of aliphatic hydroxyl groups excluding tert-OH is 1. The molecule has 0 aromatic heterocycles. The first-order valence-corrected chi connectivity index (χ1v) is 6.89. The Kier molecular flexibility index (Phi) is 4.80. The van der Waals surface area contributed by atoms with Crippen LogP contribution in [-0.4, -0.2) is 41.7 Å². The molecule has 1 aliphatic heterocycles. The van der Waals surface area contributed by atoms with E-state index in [-0.39, 0.29) is 18.6 Å². The van der Waals surface area contributed by atoms with E-state index in [1.807, 2.05) is 24.0 Å². The molecule has 5 heteroatoms. The number of benzene rings is 1. The summed E-state index contributed by atoms with van der Waals surface area (Å²) in [5.41, 5.74) is 1.73. The van der Waals surface area contributed by atoms with Gasteiger partial charge in [-0.2, -0.15) is 0 Å². The fourth-order valence-electron chi connectivity index (χ4n) is 2.45. The molecule has 1 saturated heterocycles. The van der Waals surface area contributed by atoms with E-state index in [0.717, 1.165) is 30.6 Å². The Bertz CT molecular complexity index is 465. The number of anilines is 1. The Balaban J connectivity index is 1.94. The molecule has 0 aliphatic carbocycles. The van der Waals surface area contributed by atoms with E-state index >= 15 is 0 Å². The lowest BCUT2D eigenvalue weighted by molar-refractivity contribution is -0.117. The molecule has 4 nitrogen and oxygen atoms in total. The van der Waals surface area contributed by atoms with Crippen LogP contribution in [0.25, 0.3) is 0 Å². The molecular formula is C14H19ClN2O2. The number of likely N-dealkylation sites (tertiary alicyclic amines) is 1. The van der Waals surface area contributed by atoms with Crippen LogP contribution >= 0.6 is 11.6 Å². The van der Waals surface area contributed by atoms with Crippen LogP contribution in [-0.2, 0) is 4.79 Å². The highest BCUT2D eigenvalue weighted by Crippen LogP contribution is 2.20. The van der Waals surface area contributed by atoms with Gasteiger partial charge >= 0.3 is 0 Å². The Morgan fingerprint density at radius 3 is 3.05 bits per heavy atom. The highest BCUT2D eigenvalue weighted by Gasteiger charge is 2.25. The summed E-state index contributed by atoms with van der Waals surface area (Å²) in [5.74, 6) is -0.0502. The molecule has 0 bridgehead atoms. The second-order valence-corrected chi connectivity index (χ2v) is 5.39. The molecule has 2 rings (SSSR count). The van der Waals surface area contributed by atoms with Crippen molar-refractivity contribution in [1.29, 1.82) is 0 Å². The number of nitrogens with one attached hydrogen (secondary N) is 1. The highest BCUT2D eigenvalue weighted by atomic mass is 35.5. The van der Waals surface area contributed by atoms with E-state index in [1.165, 1.54) is 0 Å². The Morgan fingerprint density at radius 2 is 2.37 bits per heavy atom. The van der Waals surface area contributed by atoms with E-state index < -0.39 is 0 Å². The van der Waals surface area contributed by atoms with Crippen molar-refractivity contribution in [3.05, 3.63) is 28.8 Å². The number of hydrogen-bond acceptors (Lipinski definition) is 3. The highest BCUT2D eigenvalue weighted by molar-refractivity contribution is 6.30. The average Bonchev–Trinajstić information content (AvgIpc) is 2.80. The molecule has 1 amide bonds. The molecule has 2 N–H and O–H groups in total. The molecule has 19 heavy (non-hydrogen) atoms. The second kappa shape index (κ2) is 6.37. The Hall–Kier alpha value is -1.10. The maximum absolute atomic E-state index is 12.0. The van der Waals surface area contributed by atoms with Gasteiger partial charge in [-0.1, -0.05) is 11.6 Å². The van der Waals surface area contributed by atoms with Crippen LogP contribution in [0.2, 0.25) is 5.02 Å². The van der Waals surface area contributed by atoms with Crippen molar-refractivity contribution in [2.45, 2.75) is 25.8 Å². The second-order valence-electron chi connectivity index (χ2n) is 4.96. The number of carbonyl (C=O) groups excluding carboxylic acids is 1. The van der Waals surface area contributed by atoms with Gasteiger partial charge in [0.15, 0.2) is 0 Å². The first kappa shape index (κ1) is 14.3. The topological polar surface area (TPSA) is 52.6 Å². The van der Waals surface area contributed by atoms with Gasteiger partial charge in [-0.25, -0.2) is 0 Å². The summed E-state index contributed by atoms with van der Waals surface area (Å²) in [4.78, 5) is 14.0. The van der Waals surface area contributed by atoms with Crippen molar-refractivity contribution in [2.75, 3.05) is 25.0 Å². The molecule has 0 spiro atoms. The Morgan fingerprint density at radius 1 is 1.58 bits per heavy atom. The monoisotopic (exact) mass is 282 g/mol. The normalized spacial score (nSPS) is 19.6. The smallest absolute Gasteiger partial charge is 0.238 e. The number of halogens is 1. The molecule has 0 saturated carbocycles. The zero-order valence-electron chi connectivity index (χ0n) is 11.0. The minimum Gasteiger partial charge on any atom is -0.395 e. The number of amides is 1. The van der Waals surface area contributed by atoms with Crippen molar-refractivity contribution in [2.24, 2.45) is 0 Å². The van der Waals surface area contributed by atoms with Gasteiger partial charge in [0.05, 0.1) is 13.2 Å². The fourth-order valence-corrected chi connectivity index (χ4v) is 2.68. The van der Waals surface area contributed by atoms with Gasteiger partial charge in [0.2, 0.25) is 5.91 Å². The van der Waals surface area contributed by atoms with Crippen LogP contribution in [0.15, 0.2) is 18.2 Å². The van der Waals surface area contributed by atoms with E-state index in [2.05, 4.69) is 5.32 Å². The predicted molar refractivity (Wildman–Crippen MR) is 76.5 cm³/mol. The molecule has 1 heterocycles. The third kappa shape index (κ3) is 3.69. The third-order valence-electron chi connectivity index (χ3n) is 3.52. The standard InChI is InChI=1S/C14H19ClN2O2/c1-10-7-11(15)4-5-13(10)16-14(19)8-17-6-2-3-12(17)9-18/h4-5,7,12,18H,2-3,6,8-9H2,1H3,(H,16,19). The van der Waals surface area contributed by atoms with E-state index in [9.17, 15) is 9.90 Å². The first-order valence-electron chi connectivity index (χ1n) is 6.51. The van der Waals surface area contributed by atoms with Gasteiger partial charge in [0, 0.05) is 16.8 Å². The van der Waals surface area contributed by atoms with Crippen LogP contribution in [0.4, 0.5) is 5.69 Å². The molecule has 0 radical (unpaired) electrons. The minimum atomic E-state index is -0.0502. The molecule has 1 aromatic carbocycles. The maximum atomic E-state index is 12.0. The molecule has 1 aliphatic rings. The molecule has 1 aromatic rings. The average molecular weight is 283 g/mol. The zero-order valence-corrected chi connectivity index (χ0v) is 11.8. The SMILES string of the molecule is Cc1cc(Cl)ccc1NC(=O)CN1CCCC1CO. The van der Waals surface area contributed by atoms with Crippen molar-refractivity contribution in [3.8, 4) is 0 Å². The summed E-state index contributed by atoms with van der Waals surface area (Å²) < 4.78 is 0. The summed E-state index contributed by atoms with van der Waals surface area (Å²) >= 11 is 5.88. The molecule has 104 valence electrons. The van der Waals surface area contributed by atoms with Crippen LogP contribution in [0.1, 0.15) is 18.4 Å². The van der Waals surface area contributed by atoms with Crippen LogP contribution < -0.4 is 5.32 Å². The van der Waals surface area contributed by atoms with Gasteiger partial charge < -0.3 is 10.4 Å². The third-order valence-corrected chi connectivity index (χ3v) is 3.75. The van der Waals surface area contributed by atoms with Gasteiger partial charge in [-0.05, 0) is 50.1 Å². The first-order chi connectivity index (χ1) is 9.10. The predicted octanol–water partition coefficient (Wildman–Crippen LogP) is 2.04. The lowest BCUT2D eigenvalue weighted by Crippen LogP contribution is -2.38. The summed E-state index contributed by atoms with van der Waals surface area (Å²) in [6.07, 6.45) is 2.00. The summed E-state index contributed by atoms with van der Waals surface area (Å²) in [6, 6.07) is 5.51. The molecule has 1 atom stereocenters. The van der Waals surface area contributed by atoms with Gasteiger partial charge in [0.1, 0.15) is 0 Å². The number of aryl methyl sites for hydroxylation is 1. The lowest BCUT2D eigenvalue weighted by Gasteiger charge is -2.22. The zero-order chi connectivity index (χ0) is 13.8. The van der Waals surface area contributed by atoms with E-state index in [1.54, 1.807) is 6.07 Å². The van der Waals surface area contributed by atoms with Gasteiger partial charge in [-0.3, -0.25) is 9.69 Å². The van der Waals surface area contributed by atoms with Crippen molar-refractivity contribution < 1.29 is 9.90 Å². The summed E-state index contributed by atoms with van der Waals surface area (Å²) in [6.45, 7) is 3.23. The van der Waals surface area contributed by atoms with Crippen LogP contribution in [0.3, 0.4) is 0 Å². The number of hydrogen-bond donors (Lipinski definition) is 2. The number of nitrogens with zero attached hydrogens (tertiary/aromatic N) is 1. The summed E-state index contributed by atoms with van der Waals surface area (Å²) in [5, 5.41) is 12.8. The number of rotatable bonds is 4. The summed E-state index contributed by atoms with van der Waals surface area (Å²) in [7, 11) is 0. The molecule has 1 unspecified atom stereocenters. The van der Waals surface area contributed by atoms with E-state index in [0.29, 0.717) is 11.6 Å². The number of carbonyl (C=O) groups is 1. The maximum Gasteiger partial charge on any atom is 0.238 e. The molecule has 1 fully saturated rings. The number of aliphatic hydroxyl groups is 1. The quantitative estimate of drug-likeness (QED) is 0.889.